The number of carbonyl (C=O) groups excluding carboxylic acids is 8. The predicted molar refractivity (Wildman–Crippen MR) is 283 cm³/mol. The Labute approximate surface area is 480 Å². The summed E-state index contributed by atoms with van der Waals surface area (Å²) in [6.07, 6.45) is -3.92. The van der Waals surface area contributed by atoms with Gasteiger partial charge in [0, 0.05) is 60.1 Å². The summed E-state index contributed by atoms with van der Waals surface area (Å²) in [5.41, 5.74) is -0.301. The van der Waals surface area contributed by atoms with E-state index in [0.29, 0.717) is 48.3 Å². The maximum atomic E-state index is 14.1. The first-order chi connectivity index (χ1) is 39.9. The maximum absolute atomic E-state index is 14.1. The highest BCUT2D eigenvalue weighted by molar-refractivity contribution is 6.02. The molecule has 10 aliphatic rings. The van der Waals surface area contributed by atoms with Gasteiger partial charge in [0.25, 0.3) is 11.8 Å². The number of anilines is 1. The second kappa shape index (κ2) is 22.1. The maximum Gasteiger partial charge on any atom is 0.407 e. The highest BCUT2D eigenvalue weighted by Gasteiger charge is 2.76. The van der Waals surface area contributed by atoms with E-state index in [9.17, 15) is 73.8 Å². The summed E-state index contributed by atoms with van der Waals surface area (Å²) in [6, 6.07) is 12.0. The number of hydrogen-bond acceptors (Lipinski definition) is 20. The molecule has 9 fully saturated rings. The average molecular weight is 1170 g/mol. The fraction of sp³-hybridized carbons (Fsp3) is 0.576. The highest BCUT2D eigenvalue weighted by atomic mass is 16.7. The number of fused-ring (bicyclic) bond motifs is 7. The Morgan fingerprint density at radius 2 is 1.55 bits per heavy atom. The lowest BCUT2D eigenvalue weighted by molar-refractivity contribution is -0.271. The first-order valence-electron chi connectivity index (χ1n) is 28.4. The number of ether oxygens (including phenoxy) is 5. The molecular formula is C59H68N4O21. The van der Waals surface area contributed by atoms with Crippen molar-refractivity contribution in [3.8, 4) is 5.75 Å². The van der Waals surface area contributed by atoms with Crippen molar-refractivity contribution >= 4 is 58.9 Å². The average Bonchev–Trinajstić information content (AvgIpc) is 1.28. The van der Waals surface area contributed by atoms with Gasteiger partial charge >= 0.3 is 18.0 Å². The van der Waals surface area contributed by atoms with Gasteiger partial charge in [-0.3, -0.25) is 28.8 Å². The first kappa shape index (κ1) is 58.8. The van der Waals surface area contributed by atoms with Crippen LogP contribution in [0.5, 0.6) is 5.75 Å². The lowest BCUT2D eigenvalue weighted by Crippen LogP contribution is -2.75. The van der Waals surface area contributed by atoms with Crippen LogP contribution in [0.25, 0.3) is 0 Å². The number of hydroxylamine groups is 2. The molecule has 3 heterocycles. The largest absolute Gasteiger partial charge is 0.479 e. The molecule has 12 rings (SSSR count). The zero-order chi connectivity index (χ0) is 59.8. The third-order valence-electron chi connectivity index (χ3n) is 19.3. The molecule has 25 nitrogen and oxygen atoms in total. The number of allylic oxidation sites excluding steroid dienone is 4. The van der Waals surface area contributed by atoms with E-state index in [1.807, 2.05) is 37.3 Å². The Kier molecular flexibility index (Phi) is 15.5. The normalized spacial score (nSPS) is 36.8. The van der Waals surface area contributed by atoms with Gasteiger partial charge in [-0.05, 0) is 104 Å². The number of hydrogen-bond donors (Lipinski definition) is 9. The zero-order valence-corrected chi connectivity index (χ0v) is 46.2. The van der Waals surface area contributed by atoms with Gasteiger partial charge in [0.2, 0.25) is 18.1 Å². The van der Waals surface area contributed by atoms with Crippen molar-refractivity contribution in [3.63, 3.8) is 0 Å². The number of aliphatic hydroxyl groups excluding tert-OH is 5. The van der Waals surface area contributed by atoms with Crippen molar-refractivity contribution in [3.05, 3.63) is 83.0 Å². The van der Waals surface area contributed by atoms with Crippen LogP contribution in [0.2, 0.25) is 0 Å². The van der Waals surface area contributed by atoms with Gasteiger partial charge in [-0.1, -0.05) is 55.8 Å². The fourth-order valence-corrected chi connectivity index (χ4v) is 15.6. The Morgan fingerprint density at radius 1 is 0.833 bits per heavy atom. The minimum absolute atomic E-state index is 0.0326. The summed E-state index contributed by atoms with van der Waals surface area (Å²) in [7, 11) is 0. The zero-order valence-electron chi connectivity index (χ0n) is 46.2. The standard InChI is InChI=1S/C59H68N4O21/c1-55-17-15-33(65)20-32(55)8-9-34-35-21-40-59(39(67)24-64,56(35,2)23-37(66)46(34)55)83-52(81-40)31-6-3-29(4-7-31)22-57-26-58(27-57,28-57)62-54(78)79-25-30-5-10-38(80-53-49(75)47(73)48(74)50(82-53)51(76)77)36(19-30)61-42(69)16-18-60-41(68)11-14-45(72)84-63-43(70)12-13-44(63)71/h3-7,10,15,17,19-20,34-35,37,40,46-50,52-53,64,66,73-75H,8-9,11-14,16,18,21-28H2,1-2H3,(H,60,68)(H,61,69)(H,62,78)(H,76,77)/t34-,35-,37-,40+,46+,47-,48-,49+,50-,52+,53+,55-,56-,57?,58?,59+/m0/s1. The number of carbonyl (C=O) groups is 9. The van der Waals surface area contributed by atoms with Crippen LogP contribution >= 0.6 is 0 Å². The second-order valence-corrected chi connectivity index (χ2v) is 24.6. The van der Waals surface area contributed by atoms with E-state index in [1.165, 1.54) is 18.2 Å². The molecule has 84 heavy (non-hydrogen) atoms. The molecule has 0 aromatic heterocycles. The Hall–Kier alpha value is -6.97. The predicted octanol–water partition coefficient (Wildman–Crippen LogP) is 1.78. The smallest absolute Gasteiger partial charge is 0.407 e. The summed E-state index contributed by atoms with van der Waals surface area (Å²) in [5.74, 6) is -6.21. The molecule has 9 N–H and O–H groups in total. The highest BCUT2D eigenvalue weighted by Crippen LogP contribution is 2.71. The van der Waals surface area contributed by atoms with E-state index in [0.717, 1.165) is 24.0 Å². The number of rotatable bonds is 19. The molecule has 0 spiro atoms. The number of ketones is 2. The Bertz CT molecular complexity index is 3090. The number of benzene rings is 2. The number of amides is 5. The van der Waals surface area contributed by atoms with Gasteiger partial charge in [-0.25, -0.2) is 14.4 Å². The molecule has 3 saturated heterocycles. The van der Waals surface area contributed by atoms with Crippen LogP contribution < -0.4 is 20.7 Å². The number of nitrogens with one attached hydrogen (secondary N) is 3. The molecule has 7 aliphatic carbocycles. The minimum atomic E-state index is -2.01. The molecule has 3 aliphatic heterocycles. The summed E-state index contributed by atoms with van der Waals surface area (Å²) in [4.78, 5) is 117. The monoisotopic (exact) mass is 1170 g/mol. The third-order valence-corrected chi connectivity index (χ3v) is 19.3. The SMILES string of the molecule is C[C@]12C=CC(=O)C=C1CC[C@@H]1[C@@H]2[C@@H](O)C[C@@]2(C)[C@H]1C[C@H]1O[C@@H](c3ccc(CC45CC(NC(=O)OCc6ccc(O[C@@H]7O[C@H](C(=O)O)[C@@H](O)[C@H](O)[C@H]7O)c(NC(=O)CCNC(=O)CCC(=O)ON7C(=O)CCC7=O)c6)(C4)C5)cc3)O[C@]12C(=O)CO. The number of imide groups is 1. The number of carboxylic acid groups (broad SMARTS) is 1. The summed E-state index contributed by atoms with van der Waals surface area (Å²) < 4.78 is 30.1. The van der Waals surface area contributed by atoms with Crippen LogP contribution in [-0.4, -0.2) is 156 Å². The fourth-order valence-electron chi connectivity index (χ4n) is 15.6. The van der Waals surface area contributed by atoms with E-state index >= 15 is 0 Å². The molecular weight excluding hydrogens is 1100 g/mol. The van der Waals surface area contributed by atoms with Gasteiger partial charge < -0.3 is 75.1 Å². The molecule has 0 unspecified atom stereocenters. The van der Waals surface area contributed by atoms with Gasteiger partial charge in [0.15, 0.2) is 29.6 Å². The Morgan fingerprint density at radius 3 is 2.25 bits per heavy atom. The van der Waals surface area contributed by atoms with Gasteiger partial charge in [-0.2, -0.15) is 0 Å². The van der Waals surface area contributed by atoms with E-state index < -0.39 is 138 Å². The van der Waals surface area contributed by atoms with Gasteiger partial charge in [0.1, 0.15) is 37.3 Å². The molecule has 2 aromatic rings. The second-order valence-electron chi connectivity index (χ2n) is 24.6. The molecule has 2 aromatic carbocycles. The van der Waals surface area contributed by atoms with E-state index in [4.69, 9.17) is 28.5 Å². The van der Waals surface area contributed by atoms with E-state index in [1.54, 1.807) is 12.2 Å². The number of carboxylic acids is 1. The number of aliphatic hydroxyl groups is 5. The quantitative estimate of drug-likeness (QED) is 0.0905. The van der Waals surface area contributed by atoms with Crippen LogP contribution in [0.15, 0.2) is 66.3 Å². The van der Waals surface area contributed by atoms with E-state index in [-0.39, 0.29) is 79.2 Å². The molecule has 450 valence electrons. The van der Waals surface area contributed by atoms with Gasteiger partial charge in [-0.15, -0.1) is 5.06 Å². The number of nitrogens with zero attached hydrogens (tertiary/aromatic N) is 1. The summed E-state index contributed by atoms with van der Waals surface area (Å²) in [5, 5.41) is 71.6. The molecule has 2 bridgehead atoms. The van der Waals surface area contributed by atoms with Crippen molar-refractivity contribution in [1.82, 2.24) is 15.7 Å². The van der Waals surface area contributed by atoms with E-state index in [2.05, 4.69) is 22.9 Å². The number of aliphatic carboxylic acids is 1. The van der Waals surface area contributed by atoms with Crippen LogP contribution in [0.3, 0.4) is 0 Å². The number of Topliss-reactive ketones (excluding diaryl/α,β-unsaturated/α-hetero) is 1. The van der Waals surface area contributed by atoms with Crippen molar-refractivity contribution in [2.45, 2.75) is 164 Å². The first-order valence-corrected chi connectivity index (χ1v) is 28.4. The Balaban J connectivity index is 0.674. The van der Waals surface area contributed by atoms with Crippen LogP contribution in [0.4, 0.5) is 10.5 Å². The minimum Gasteiger partial charge on any atom is -0.479 e. The van der Waals surface area contributed by atoms with Crippen molar-refractivity contribution in [2.75, 3.05) is 18.5 Å². The lowest BCUT2D eigenvalue weighted by atomic mass is 9.38. The van der Waals surface area contributed by atoms with Crippen molar-refractivity contribution in [1.29, 1.82) is 0 Å². The van der Waals surface area contributed by atoms with Crippen LogP contribution in [0.1, 0.15) is 114 Å². The lowest BCUT2D eigenvalue weighted by Gasteiger charge is -2.70. The molecule has 6 saturated carbocycles. The molecule has 0 radical (unpaired) electrons. The van der Waals surface area contributed by atoms with Crippen molar-refractivity contribution < 1.29 is 102 Å². The topological polar surface area (TPSA) is 370 Å². The van der Waals surface area contributed by atoms with Crippen LogP contribution in [0, 0.1) is 34.0 Å². The summed E-state index contributed by atoms with van der Waals surface area (Å²) >= 11 is 0. The van der Waals surface area contributed by atoms with Gasteiger partial charge in [0.05, 0.1) is 24.3 Å². The third kappa shape index (κ3) is 10.4. The molecule has 5 amide bonds. The number of alkyl carbamates (subject to hydrolysis) is 1. The molecule has 25 heteroatoms. The van der Waals surface area contributed by atoms with Crippen molar-refractivity contribution in [2.24, 2.45) is 34.0 Å². The molecule has 14 atom stereocenters. The summed E-state index contributed by atoms with van der Waals surface area (Å²) in [6.45, 7) is 2.82. The van der Waals surface area contributed by atoms with Crippen LogP contribution in [-0.2, 0) is 75.2 Å².